The van der Waals surface area contributed by atoms with Crippen molar-refractivity contribution >= 4 is 16.9 Å². The zero-order valence-electron chi connectivity index (χ0n) is 14.2. The minimum atomic E-state index is -0.543. The first-order chi connectivity index (χ1) is 12.0. The molecular formula is C18H22N2O5. The molecule has 1 amide bonds. The van der Waals surface area contributed by atoms with Crippen LogP contribution < -0.4 is 10.9 Å². The molecule has 1 saturated heterocycles. The molecule has 0 atom stereocenters. The van der Waals surface area contributed by atoms with Gasteiger partial charge in [-0.25, -0.2) is 4.79 Å². The second kappa shape index (κ2) is 7.67. The number of nitrogens with one attached hydrogen (secondary N) is 1. The highest BCUT2D eigenvalue weighted by Crippen LogP contribution is 2.23. The smallest absolute Gasteiger partial charge is 0.340 e. The SMILES string of the molecule is Cc1c(CC(=O)NCCN2CCOCC2)c(=O)oc2cc(O)ccc12. The number of aromatic hydroxyl groups is 1. The van der Waals surface area contributed by atoms with E-state index in [1.54, 1.807) is 13.0 Å². The molecule has 25 heavy (non-hydrogen) atoms. The summed E-state index contributed by atoms with van der Waals surface area (Å²) >= 11 is 0. The monoisotopic (exact) mass is 346 g/mol. The molecule has 1 aliphatic rings. The van der Waals surface area contributed by atoms with Gasteiger partial charge >= 0.3 is 5.63 Å². The first-order valence-corrected chi connectivity index (χ1v) is 8.36. The summed E-state index contributed by atoms with van der Waals surface area (Å²) in [5.74, 6) is -0.176. The number of rotatable bonds is 5. The number of phenols is 1. The number of fused-ring (bicyclic) bond motifs is 1. The summed E-state index contributed by atoms with van der Waals surface area (Å²) in [6, 6.07) is 4.61. The number of amides is 1. The van der Waals surface area contributed by atoms with Gasteiger partial charge in [0.25, 0.3) is 0 Å². The molecule has 7 nitrogen and oxygen atoms in total. The van der Waals surface area contributed by atoms with Crippen molar-refractivity contribution in [3.05, 3.63) is 39.7 Å². The highest BCUT2D eigenvalue weighted by atomic mass is 16.5. The van der Waals surface area contributed by atoms with Gasteiger partial charge in [-0.05, 0) is 24.6 Å². The van der Waals surface area contributed by atoms with E-state index in [0.717, 1.165) is 32.8 Å². The maximum absolute atomic E-state index is 12.2. The quantitative estimate of drug-likeness (QED) is 0.778. The van der Waals surface area contributed by atoms with Gasteiger partial charge in [0.2, 0.25) is 5.91 Å². The number of morpholine rings is 1. The van der Waals surface area contributed by atoms with Gasteiger partial charge in [0.1, 0.15) is 11.3 Å². The highest BCUT2D eigenvalue weighted by Gasteiger charge is 2.16. The molecule has 0 spiro atoms. The Morgan fingerprint density at radius 3 is 2.84 bits per heavy atom. The number of carbonyl (C=O) groups excluding carboxylic acids is 1. The largest absolute Gasteiger partial charge is 0.508 e. The van der Waals surface area contributed by atoms with Gasteiger partial charge in [0.05, 0.1) is 25.2 Å². The van der Waals surface area contributed by atoms with E-state index in [1.807, 2.05) is 0 Å². The third kappa shape index (κ3) is 4.18. The summed E-state index contributed by atoms with van der Waals surface area (Å²) in [5, 5.41) is 13.1. The molecule has 7 heteroatoms. The third-order valence-electron chi connectivity index (χ3n) is 4.46. The number of nitrogens with zero attached hydrogens (tertiary/aromatic N) is 1. The van der Waals surface area contributed by atoms with Gasteiger partial charge in [-0.2, -0.15) is 0 Å². The molecular weight excluding hydrogens is 324 g/mol. The molecule has 0 saturated carbocycles. The van der Waals surface area contributed by atoms with E-state index >= 15 is 0 Å². The van der Waals surface area contributed by atoms with Crippen molar-refractivity contribution in [2.75, 3.05) is 39.4 Å². The summed E-state index contributed by atoms with van der Waals surface area (Å²) in [4.78, 5) is 26.6. The normalized spacial score (nSPS) is 15.4. The van der Waals surface area contributed by atoms with Crippen molar-refractivity contribution < 1.29 is 19.1 Å². The molecule has 3 rings (SSSR count). The molecule has 1 aromatic carbocycles. The van der Waals surface area contributed by atoms with Gasteiger partial charge < -0.3 is 19.6 Å². The van der Waals surface area contributed by atoms with Crippen LogP contribution in [0.15, 0.2) is 27.4 Å². The summed E-state index contributed by atoms with van der Waals surface area (Å²) < 4.78 is 10.5. The number of hydrogen-bond acceptors (Lipinski definition) is 6. The van der Waals surface area contributed by atoms with Gasteiger partial charge in [-0.3, -0.25) is 9.69 Å². The molecule has 1 aromatic heterocycles. The van der Waals surface area contributed by atoms with Crippen LogP contribution in [0.1, 0.15) is 11.1 Å². The van der Waals surface area contributed by atoms with E-state index in [9.17, 15) is 14.7 Å². The molecule has 0 aliphatic carbocycles. The molecule has 2 N–H and O–H groups in total. The van der Waals surface area contributed by atoms with E-state index in [2.05, 4.69) is 10.2 Å². The Morgan fingerprint density at radius 1 is 1.32 bits per heavy atom. The molecule has 2 aromatic rings. The average Bonchev–Trinajstić information content (AvgIpc) is 2.59. The van der Waals surface area contributed by atoms with Crippen LogP contribution in [0.4, 0.5) is 0 Å². The van der Waals surface area contributed by atoms with Crippen molar-refractivity contribution in [3.63, 3.8) is 0 Å². The van der Waals surface area contributed by atoms with Gasteiger partial charge in [0, 0.05) is 37.6 Å². The minimum absolute atomic E-state index is 0.0197. The van der Waals surface area contributed by atoms with Crippen molar-refractivity contribution in [1.29, 1.82) is 0 Å². The second-order valence-electron chi connectivity index (χ2n) is 6.15. The molecule has 0 bridgehead atoms. The van der Waals surface area contributed by atoms with Gasteiger partial charge in [-0.1, -0.05) is 0 Å². The number of carbonyl (C=O) groups is 1. The van der Waals surface area contributed by atoms with Gasteiger partial charge in [-0.15, -0.1) is 0 Å². The Morgan fingerprint density at radius 2 is 2.08 bits per heavy atom. The standard InChI is InChI=1S/C18H22N2O5/c1-12-14-3-2-13(21)10-16(14)25-18(23)15(12)11-17(22)19-4-5-20-6-8-24-9-7-20/h2-3,10,21H,4-9,11H2,1H3,(H,19,22). The topological polar surface area (TPSA) is 92.0 Å². The number of ether oxygens (including phenoxy) is 1. The Hall–Kier alpha value is -2.38. The second-order valence-corrected chi connectivity index (χ2v) is 6.15. The van der Waals surface area contributed by atoms with E-state index < -0.39 is 5.63 Å². The van der Waals surface area contributed by atoms with Crippen LogP contribution in [0.5, 0.6) is 5.75 Å². The summed E-state index contributed by atoms with van der Waals surface area (Å²) in [6.07, 6.45) is -0.0197. The summed E-state index contributed by atoms with van der Waals surface area (Å²) in [7, 11) is 0. The van der Waals surface area contributed by atoms with Crippen LogP contribution in [-0.2, 0) is 16.0 Å². The Bertz CT molecular complexity index is 824. The zero-order chi connectivity index (χ0) is 17.8. The minimum Gasteiger partial charge on any atom is -0.508 e. The fourth-order valence-corrected chi connectivity index (χ4v) is 2.99. The van der Waals surface area contributed by atoms with E-state index in [0.29, 0.717) is 28.6 Å². The lowest BCUT2D eigenvalue weighted by Gasteiger charge is -2.26. The number of phenolic OH excluding ortho intramolecular Hbond substituents is 1. The summed E-state index contributed by atoms with van der Waals surface area (Å²) in [6.45, 7) is 6.27. The van der Waals surface area contributed by atoms with Crippen LogP contribution in [-0.4, -0.2) is 55.3 Å². The van der Waals surface area contributed by atoms with Crippen molar-refractivity contribution in [2.45, 2.75) is 13.3 Å². The lowest BCUT2D eigenvalue weighted by atomic mass is 10.0. The average molecular weight is 346 g/mol. The maximum atomic E-state index is 12.2. The Kier molecular flexibility index (Phi) is 5.35. The summed E-state index contributed by atoms with van der Waals surface area (Å²) in [5.41, 5.74) is 0.828. The molecule has 134 valence electrons. The molecule has 0 unspecified atom stereocenters. The molecule has 1 aliphatic heterocycles. The maximum Gasteiger partial charge on any atom is 0.340 e. The fraction of sp³-hybridized carbons (Fsp3) is 0.444. The van der Waals surface area contributed by atoms with Crippen LogP contribution in [0, 0.1) is 6.92 Å². The molecule has 0 radical (unpaired) electrons. The predicted octanol–water partition coefficient (Wildman–Crippen LogP) is 0.798. The number of aryl methyl sites for hydroxylation is 1. The third-order valence-corrected chi connectivity index (χ3v) is 4.46. The lowest BCUT2D eigenvalue weighted by molar-refractivity contribution is -0.120. The van der Waals surface area contributed by atoms with Crippen molar-refractivity contribution in [2.24, 2.45) is 0 Å². The molecule has 2 heterocycles. The number of benzene rings is 1. The predicted molar refractivity (Wildman–Crippen MR) is 92.9 cm³/mol. The fourth-order valence-electron chi connectivity index (χ4n) is 2.99. The first kappa shape index (κ1) is 17.4. The van der Waals surface area contributed by atoms with Crippen molar-refractivity contribution in [1.82, 2.24) is 10.2 Å². The van der Waals surface area contributed by atoms with Gasteiger partial charge in [0.15, 0.2) is 0 Å². The van der Waals surface area contributed by atoms with E-state index in [-0.39, 0.29) is 18.1 Å². The first-order valence-electron chi connectivity index (χ1n) is 8.36. The van der Waals surface area contributed by atoms with Crippen LogP contribution >= 0.6 is 0 Å². The highest BCUT2D eigenvalue weighted by molar-refractivity contribution is 5.85. The van der Waals surface area contributed by atoms with Crippen LogP contribution in [0.25, 0.3) is 11.0 Å². The Labute approximate surface area is 145 Å². The van der Waals surface area contributed by atoms with E-state index in [1.165, 1.54) is 12.1 Å². The van der Waals surface area contributed by atoms with Crippen LogP contribution in [0.2, 0.25) is 0 Å². The zero-order valence-corrected chi connectivity index (χ0v) is 14.2. The lowest BCUT2D eigenvalue weighted by Crippen LogP contribution is -2.41. The number of hydrogen-bond donors (Lipinski definition) is 2. The Balaban J connectivity index is 1.64. The van der Waals surface area contributed by atoms with Crippen LogP contribution in [0.3, 0.4) is 0 Å². The van der Waals surface area contributed by atoms with Crippen molar-refractivity contribution in [3.8, 4) is 5.75 Å². The van der Waals surface area contributed by atoms with E-state index in [4.69, 9.17) is 9.15 Å². The molecule has 1 fully saturated rings.